The van der Waals surface area contributed by atoms with Crippen LogP contribution < -0.4 is 5.32 Å². The topological polar surface area (TPSA) is 90.5 Å². The number of hydrogen-bond donors (Lipinski definition) is 1. The second-order valence-electron chi connectivity index (χ2n) is 7.51. The Morgan fingerprint density at radius 3 is 2.50 bits per heavy atom. The van der Waals surface area contributed by atoms with Crippen LogP contribution in [0.4, 0.5) is 0 Å². The van der Waals surface area contributed by atoms with Crippen LogP contribution in [0.3, 0.4) is 0 Å². The number of para-hydroxylation sites is 3. The Hall–Kier alpha value is -4.33. The van der Waals surface area contributed by atoms with Gasteiger partial charge in [0.25, 0.3) is 5.91 Å². The van der Waals surface area contributed by atoms with Gasteiger partial charge in [-0.2, -0.15) is 4.68 Å². The molecule has 0 spiro atoms. The third-order valence-corrected chi connectivity index (χ3v) is 5.47. The summed E-state index contributed by atoms with van der Waals surface area (Å²) in [7, 11) is 1.98. The molecule has 2 heterocycles. The minimum absolute atomic E-state index is 0.218. The van der Waals surface area contributed by atoms with Gasteiger partial charge in [0.05, 0.1) is 28.3 Å². The molecule has 5 rings (SSSR count). The normalized spacial score (nSPS) is 12.0. The lowest BCUT2D eigenvalue weighted by Crippen LogP contribution is -2.32. The van der Waals surface area contributed by atoms with Gasteiger partial charge in [0.15, 0.2) is 0 Å². The van der Waals surface area contributed by atoms with Crippen molar-refractivity contribution in [2.45, 2.75) is 12.5 Å². The van der Waals surface area contributed by atoms with Gasteiger partial charge in [-0.25, -0.2) is 4.98 Å². The fourth-order valence-electron chi connectivity index (χ4n) is 3.91. The highest BCUT2D eigenvalue weighted by atomic mass is 16.1. The summed E-state index contributed by atoms with van der Waals surface area (Å²) in [5, 5.41) is 14.5. The van der Waals surface area contributed by atoms with Gasteiger partial charge >= 0.3 is 0 Å². The lowest BCUT2D eigenvalue weighted by atomic mass is 10.0. The smallest absolute Gasteiger partial charge is 0.254 e. The van der Waals surface area contributed by atoms with E-state index < -0.39 is 0 Å². The summed E-state index contributed by atoms with van der Waals surface area (Å²) in [6, 6.07) is 25.0. The average Bonchev–Trinajstić information content (AvgIpc) is 3.48. The average molecular weight is 423 g/mol. The highest BCUT2D eigenvalue weighted by Gasteiger charge is 2.23. The number of aromatic nitrogens is 6. The van der Waals surface area contributed by atoms with Crippen molar-refractivity contribution in [3.63, 3.8) is 0 Å². The fraction of sp³-hybridized carbons (Fsp3) is 0.125. The molecule has 0 aliphatic carbocycles. The van der Waals surface area contributed by atoms with E-state index in [0.717, 1.165) is 22.4 Å². The molecule has 1 atom stereocenters. The largest absolute Gasteiger partial charge is 0.342 e. The van der Waals surface area contributed by atoms with Crippen molar-refractivity contribution in [2.75, 3.05) is 0 Å². The molecule has 0 saturated heterocycles. The van der Waals surface area contributed by atoms with Crippen LogP contribution in [-0.2, 0) is 13.5 Å². The first kappa shape index (κ1) is 19.6. The number of amides is 1. The van der Waals surface area contributed by atoms with Crippen LogP contribution >= 0.6 is 0 Å². The van der Waals surface area contributed by atoms with Crippen molar-refractivity contribution in [1.82, 2.24) is 35.1 Å². The van der Waals surface area contributed by atoms with Crippen molar-refractivity contribution < 1.29 is 4.79 Å². The van der Waals surface area contributed by atoms with E-state index in [0.29, 0.717) is 17.7 Å². The summed E-state index contributed by atoms with van der Waals surface area (Å²) in [6.07, 6.45) is 2.08. The van der Waals surface area contributed by atoms with Crippen LogP contribution in [0.1, 0.15) is 27.8 Å². The fourth-order valence-corrected chi connectivity index (χ4v) is 3.91. The number of tetrazole rings is 1. The van der Waals surface area contributed by atoms with E-state index in [4.69, 9.17) is 4.98 Å². The van der Waals surface area contributed by atoms with Gasteiger partial charge < -0.3 is 9.88 Å². The van der Waals surface area contributed by atoms with Gasteiger partial charge in [0.2, 0.25) is 0 Å². The molecule has 2 aromatic heterocycles. The zero-order chi connectivity index (χ0) is 21.9. The van der Waals surface area contributed by atoms with Crippen LogP contribution in [0.2, 0.25) is 0 Å². The lowest BCUT2D eigenvalue weighted by molar-refractivity contribution is 0.0934. The van der Waals surface area contributed by atoms with E-state index in [9.17, 15) is 4.79 Å². The van der Waals surface area contributed by atoms with E-state index in [-0.39, 0.29) is 11.9 Å². The molecule has 0 saturated carbocycles. The third-order valence-electron chi connectivity index (χ3n) is 5.47. The number of aryl methyl sites for hydroxylation is 1. The van der Waals surface area contributed by atoms with Crippen molar-refractivity contribution in [2.24, 2.45) is 7.05 Å². The maximum Gasteiger partial charge on any atom is 0.254 e. The minimum atomic E-state index is -0.329. The highest BCUT2D eigenvalue weighted by Crippen LogP contribution is 2.24. The Labute approximate surface area is 184 Å². The number of rotatable bonds is 6. The zero-order valence-electron chi connectivity index (χ0n) is 17.5. The van der Waals surface area contributed by atoms with Crippen LogP contribution in [0.5, 0.6) is 0 Å². The summed E-state index contributed by atoms with van der Waals surface area (Å²) in [5.41, 5.74) is 4.11. The Morgan fingerprint density at radius 1 is 0.969 bits per heavy atom. The zero-order valence-corrected chi connectivity index (χ0v) is 17.5. The predicted molar refractivity (Wildman–Crippen MR) is 120 cm³/mol. The molecule has 1 unspecified atom stereocenters. The number of carbonyl (C=O) groups is 1. The SMILES string of the molecule is Cn1c(C(Cc2ccccc2)NC(=O)c2ccccc2-n2cnnn2)nc2ccccc21. The summed E-state index contributed by atoms with van der Waals surface area (Å²) >= 11 is 0. The number of fused-ring (bicyclic) bond motifs is 1. The van der Waals surface area contributed by atoms with Crippen molar-refractivity contribution >= 4 is 16.9 Å². The molecule has 1 amide bonds. The van der Waals surface area contributed by atoms with E-state index in [1.54, 1.807) is 6.07 Å². The van der Waals surface area contributed by atoms with E-state index in [2.05, 4.69) is 33.0 Å². The maximum atomic E-state index is 13.4. The first-order valence-electron chi connectivity index (χ1n) is 10.3. The second kappa shape index (κ2) is 8.43. The van der Waals surface area contributed by atoms with Gasteiger partial charge in [0.1, 0.15) is 12.2 Å². The molecule has 32 heavy (non-hydrogen) atoms. The number of carbonyl (C=O) groups excluding carboxylic acids is 1. The van der Waals surface area contributed by atoms with Gasteiger partial charge in [-0.15, -0.1) is 5.10 Å². The minimum Gasteiger partial charge on any atom is -0.342 e. The molecular formula is C24H21N7O. The van der Waals surface area contributed by atoms with Crippen LogP contribution in [-0.4, -0.2) is 35.7 Å². The number of imidazole rings is 1. The van der Waals surface area contributed by atoms with Crippen LogP contribution in [0.15, 0.2) is 85.2 Å². The first-order valence-corrected chi connectivity index (χ1v) is 10.3. The van der Waals surface area contributed by atoms with Gasteiger partial charge in [0, 0.05) is 7.05 Å². The third kappa shape index (κ3) is 3.74. The maximum absolute atomic E-state index is 13.4. The lowest BCUT2D eigenvalue weighted by Gasteiger charge is -2.20. The number of nitrogens with zero attached hydrogens (tertiary/aromatic N) is 6. The van der Waals surface area contributed by atoms with E-state index >= 15 is 0 Å². The Morgan fingerprint density at radius 2 is 1.72 bits per heavy atom. The number of nitrogens with one attached hydrogen (secondary N) is 1. The standard InChI is InChI=1S/C24H21N7O/c1-30-22-14-8-6-12-19(22)26-23(30)20(15-17-9-3-2-4-10-17)27-24(32)18-11-5-7-13-21(18)31-16-25-28-29-31/h2-14,16,20H,15H2,1H3,(H,27,32). The molecule has 0 aliphatic rings. The number of benzene rings is 3. The molecule has 158 valence electrons. The quantitative estimate of drug-likeness (QED) is 0.453. The van der Waals surface area contributed by atoms with Crippen LogP contribution in [0, 0.1) is 0 Å². The first-order chi connectivity index (χ1) is 15.7. The summed E-state index contributed by atoms with van der Waals surface area (Å²) in [6.45, 7) is 0. The molecule has 0 aliphatic heterocycles. The number of hydrogen-bond acceptors (Lipinski definition) is 5. The second-order valence-corrected chi connectivity index (χ2v) is 7.51. The van der Waals surface area contributed by atoms with E-state index in [1.165, 1.54) is 11.0 Å². The predicted octanol–water partition coefficient (Wildman–Crippen LogP) is 3.26. The van der Waals surface area contributed by atoms with Gasteiger partial charge in [-0.1, -0.05) is 54.6 Å². The van der Waals surface area contributed by atoms with Gasteiger partial charge in [-0.3, -0.25) is 4.79 Å². The molecule has 8 heteroatoms. The molecular weight excluding hydrogens is 402 g/mol. The van der Waals surface area contributed by atoms with Crippen molar-refractivity contribution in [1.29, 1.82) is 0 Å². The molecule has 3 aromatic carbocycles. The van der Waals surface area contributed by atoms with Crippen molar-refractivity contribution in [3.8, 4) is 5.69 Å². The van der Waals surface area contributed by atoms with Crippen LogP contribution in [0.25, 0.3) is 16.7 Å². The Bertz CT molecular complexity index is 1360. The van der Waals surface area contributed by atoms with Gasteiger partial charge in [-0.05, 0) is 46.7 Å². The molecule has 0 bridgehead atoms. The molecule has 8 nitrogen and oxygen atoms in total. The van der Waals surface area contributed by atoms with E-state index in [1.807, 2.05) is 72.3 Å². The monoisotopic (exact) mass is 423 g/mol. The highest BCUT2D eigenvalue weighted by molar-refractivity contribution is 5.98. The van der Waals surface area contributed by atoms with Crippen molar-refractivity contribution in [3.05, 3.63) is 102 Å². The Kier molecular flexibility index (Phi) is 5.17. The molecule has 0 radical (unpaired) electrons. The molecule has 1 N–H and O–H groups in total. The summed E-state index contributed by atoms with van der Waals surface area (Å²) < 4.78 is 3.52. The molecule has 0 fully saturated rings. The Balaban J connectivity index is 1.53. The summed E-state index contributed by atoms with van der Waals surface area (Å²) in [4.78, 5) is 18.3. The molecule has 5 aromatic rings. The summed E-state index contributed by atoms with van der Waals surface area (Å²) in [5.74, 6) is 0.576.